The quantitative estimate of drug-likeness (QED) is 0.837. The molecule has 1 aliphatic carbocycles. The second-order valence-corrected chi connectivity index (χ2v) is 5.04. The molecule has 1 aromatic rings. The maximum atomic E-state index is 11.7. The van der Waals surface area contributed by atoms with Gasteiger partial charge in [-0.1, -0.05) is 31.2 Å². The maximum absolute atomic E-state index is 11.7. The summed E-state index contributed by atoms with van der Waals surface area (Å²) < 4.78 is 0. The van der Waals surface area contributed by atoms with Crippen LogP contribution in [-0.2, 0) is 16.6 Å². The van der Waals surface area contributed by atoms with E-state index < -0.39 is 11.4 Å². The number of carbonyl (C=O) groups is 1. The van der Waals surface area contributed by atoms with Crippen LogP contribution in [0.25, 0.3) is 0 Å². The molecule has 2 rings (SSSR count). The van der Waals surface area contributed by atoms with Gasteiger partial charge in [-0.3, -0.25) is 4.79 Å². The Bertz CT molecular complexity index is 427. The average Bonchev–Trinajstić information content (AvgIpc) is 2.70. The van der Waals surface area contributed by atoms with E-state index in [2.05, 4.69) is 0 Å². The van der Waals surface area contributed by atoms with Crippen LogP contribution in [0.2, 0.25) is 0 Å². The Balaban J connectivity index is 2.41. The van der Waals surface area contributed by atoms with E-state index in [1.165, 1.54) is 0 Å². The zero-order valence-electron chi connectivity index (χ0n) is 10.0. The molecule has 92 valence electrons. The highest BCUT2D eigenvalue weighted by atomic mass is 16.4. The molecule has 0 aromatic heterocycles. The Morgan fingerprint density at radius 3 is 2.82 bits per heavy atom. The third-order valence-electron chi connectivity index (χ3n) is 3.77. The van der Waals surface area contributed by atoms with Crippen molar-refractivity contribution in [3.05, 3.63) is 35.4 Å². The van der Waals surface area contributed by atoms with Crippen LogP contribution in [0.1, 0.15) is 30.9 Å². The van der Waals surface area contributed by atoms with Gasteiger partial charge >= 0.3 is 5.97 Å². The lowest BCUT2D eigenvalue weighted by molar-refractivity contribution is -0.144. The largest absolute Gasteiger partial charge is 0.481 e. The number of carboxylic acids is 1. The van der Waals surface area contributed by atoms with Crippen molar-refractivity contribution in [2.24, 2.45) is 5.92 Å². The molecule has 2 N–H and O–H groups in total. The van der Waals surface area contributed by atoms with E-state index in [-0.39, 0.29) is 12.5 Å². The second kappa shape index (κ2) is 4.49. The van der Waals surface area contributed by atoms with E-state index in [4.69, 9.17) is 5.11 Å². The number of aryl methyl sites for hydroxylation is 1. The normalized spacial score (nSPS) is 24.4. The molecule has 0 bridgehead atoms. The van der Waals surface area contributed by atoms with Crippen molar-refractivity contribution in [2.45, 2.75) is 31.6 Å². The molecule has 0 amide bonds. The molecule has 0 spiro atoms. The summed E-state index contributed by atoms with van der Waals surface area (Å²) in [6, 6.07) is 7.77. The van der Waals surface area contributed by atoms with E-state index in [0.29, 0.717) is 12.8 Å². The topological polar surface area (TPSA) is 57.5 Å². The van der Waals surface area contributed by atoms with E-state index in [0.717, 1.165) is 17.5 Å². The first kappa shape index (κ1) is 12.1. The molecule has 3 nitrogen and oxygen atoms in total. The van der Waals surface area contributed by atoms with Gasteiger partial charge in [-0.05, 0) is 36.3 Å². The van der Waals surface area contributed by atoms with Crippen molar-refractivity contribution in [2.75, 3.05) is 6.61 Å². The number of hydrogen-bond acceptors (Lipinski definition) is 2. The lowest BCUT2D eigenvalue weighted by atomic mass is 9.75. The van der Waals surface area contributed by atoms with Crippen LogP contribution in [-0.4, -0.2) is 22.8 Å². The first-order valence-electron chi connectivity index (χ1n) is 6.03. The molecule has 2 atom stereocenters. The summed E-state index contributed by atoms with van der Waals surface area (Å²) >= 11 is 0. The fourth-order valence-electron chi connectivity index (χ4n) is 2.87. The smallest absolute Gasteiger partial charge is 0.314 e. The molecule has 0 radical (unpaired) electrons. The van der Waals surface area contributed by atoms with Crippen molar-refractivity contribution in [1.29, 1.82) is 0 Å². The zero-order valence-corrected chi connectivity index (χ0v) is 10.0. The molecule has 0 heterocycles. The highest BCUT2D eigenvalue weighted by Crippen LogP contribution is 2.43. The number of carboxylic acid groups (broad SMARTS) is 1. The molecule has 1 aliphatic rings. The summed E-state index contributed by atoms with van der Waals surface area (Å²) in [7, 11) is 0. The average molecular weight is 234 g/mol. The van der Waals surface area contributed by atoms with Crippen molar-refractivity contribution in [1.82, 2.24) is 0 Å². The van der Waals surface area contributed by atoms with Crippen LogP contribution in [0.5, 0.6) is 0 Å². The van der Waals surface area contributed by atoms with Crippen molar-refractivity contribution in [3.8, 4) is 0 Å². The van der Waals surface area contributed by atoms with Gasteiger partial charge in [0.2, 0.25) is 0 Å². The predicted octanol–water partition coefficient (Wildman–Crippen LogP) is 1.97. The Morgan fingerprint density at radius 2 is 2.18 bits per heavy atom. The predicted molar refractivity (Wildman–Crippen MR) is 64.9 cm³/mol. The standard InChI is InChI=1S/C14H18O3/c1-10(9-15)8-14(13(16)17)7-6-11-4-2-3-5-12(11)14/h2-5,10,15H,6-9H2,1H3,(H,16,17). The van der Waals surface area contributed by atoms with Gasteiger partial charge in [0.15, 0.2) is 0 Å². The minimum Gasteiger partial charge on any atom is -0.481 e. The van der Waals surface area contributed by atoms with Crippen LogP contribution in [0.4, 0.5) is 0 Å². The van der Waals surface area contributed by atoms with Gasteiger partial charge in [-0.15, -0.1) is 0 Å². The number of aliphatic carboxylic acids is 1. The number of fused-ring (bicyclic) bond motifs is 1. The van der Waals surface area contributed by atoms with Crippen LogP contribution < -0.4 is 0 Å². The third-order valence-corrected chi connectivity index (χ3v) is 3.77. The molecule has 0 fully saturated rings. The van der Waals surface area contributed by atoms with Gasteiger partial charge in [0.1, 0.15) is 0 Å². The summed E-state index contributed by atoms with van der Waals surface area (Å²) in [6.45, 7) is 1.93. The molecule has 2 unspecified atom stereocenters. The van der Waals surface area contributed by atoms with E-state index in [9.17, 15) is 9.90 Å². The molecule has 0 saturated heterocycles. The Kier molecular flexibility index (Phi) is 3.20. The first-order chi connectivity index (χ1) is 8.10. The Labute approximate surface area is 101 Å². The Morgan fingerprint density at radius 1 is 1.47 bits per heavy atom. The zero-order chi connectivity index (χ0) is 12.5. The van der Waals surface area contributed by atoms with Crippen molar-refractivity contribution >= 4 is 5.97 Å². The van der Waals surface area contributed by atoms with Crippen LogP contribution >= 0.6 is 0 Å². The van der Waals surface area contributed by atoms with Crippen LogP contribution in [0, 0.1) is 5.92 Å². The minimum absolute atomic E-state index is 0.0113. The minimum atomic E-state index is -0.793. The summed E-state index contributed by atoms with van der Waals surface area (Å²) in [4.78, 5) is 11.7. The highest BCUT2D eigenvalue weighted by Gasteiger charge is 2.45. The van der Waals surface area contributed by atoms with E-state index in [1.54, 1.807) is 0 Å². The van der Waals surface area contributed by atoms with E-state index in [1.807, 2.05) is 31.2 Å². The van der Waals surface area contributed by atoms with Gasteiger partial charge in [0.25, 0.3) is 0 Å². The molecular weight excluding hydrogens is 216 g/mol. The molecule has 0 saturated carbocycles. The first-order valence-corrected chi connectivity index (χ1v) is 6.03. The Hall–Kier alpha value is -1.35. The lowest BCUT2D eigenvalue weighted by Crippen LogP contribution is -2.35. The van der Waals surface area contributed by atoms with E-state index >= 15 is 0 Å². The van der Waals surface area contributed by atoms with Gasteiger partial charge in [-0.2, -0.15) is 0 Å². The van der Waals surface area contributed by atoms with Gasteiger partial charge < -0.3 is 10.2 Å². The lowest BCUT2D eigenvalue weighted by Gasteiger charge is -2.28. The third kappa shape index (κ3) is 1.95. The van der Waals surface area contributed by atoms with Gasteiger partial charge in [0, 0.05) is 6.61 Å². The number of aliphatic hydroxyl groups is 1. The molecule has 3 heteroatoms. The number of hydrogen-bond donors (Lipinski definition) is 2. The van der Waals surface area contributed by atoms with Crippen LogP contribution in [0.15, 0.2) is 24.3 Å². The van der Waals surface area contributed by atoms with Crippen LogP contribution in [0.3, 0.4) is 0 Å². The summed E-state index contributed by atoms with van der Waals surface area (Å²) in [5.74, 6) is -0.750. The molecule has 17 heavy (non-hydrogen) atoms. The number of aliphatic hydroxyl groups excluding tert-OH is 1. The fraction of sp³-hybridized carbons (Fsp3) is 0.500. The highest BCUT2D eigenvalue weighted by molar-refractivity contribution is 5.83. The second-order valence-electron chi connectivity index (χ2n) is 5.04. The molecule has 0 aliphatic heterocycles. The molecular formula is C14H18O3. The summed E-state index contributed by atoms with van der Waals surface area (Å²) in [6.07, 6.45) is 1.97. The maximum Gasteiger partial charge on any atom is 0.314 e. The van der Waals surface area contributed by atoms with Gasteiger partial charge in [0.05, 0.1) is 5.41 Å². The number of benzene rings is 1. The monoisotopic (exact) mass is 234 g/mol. The van der Waals surface area contributed by atoms with Gasteiger partial charge in [-0.25, -0.2) is 0 Å². The number of rotatable bonds is 4. The SMILES string of the molecule is CC(CO)CC1(C(=O)O)CCc2ccccc21. The summed E-state index contributed by atoms with van der Waals surface area (Å²) in [5.41, 5.74) is 1.28. The fourth-order valence-corrected chi connectivity index (χ4v) is 2.87. The van der Waals surface area contributed by atoms with Crippen molar-refractivity contribution in [3.63, 3.8) is 0 Å². The van der Waals surface area contributed by atoms with Crippen molar-refractivity contribution < 1.29 is 15.0 Å². The molecule has 1 aromatic carbocycles. The summed E-state index contributed by atoms with van der Waals surface area (Å²) in [5, 5.41) is 18.7.